The van der Waals surface area contributed by atoms with Crippen LogP contribution in [0.4, 0.5) is 0 Å². The molecule has 1 aliphatic heterocycles. The van der Waals surface area contributed by atoms with Gasteiger partial charge in [0.15, 0.2) is 0 Å². The molecule has 1 nitrogen and oxygen atoms in total. The van der Waals surface area contributed by atoms with E-state index in [0.717, 1.165) is 11.5 Å². The van der Waals surface area contributed by atoms with Gasteiger partial charge in [-0.1, -0.05) is 21.6 Å². The Balaban J connectivity index is 2.12. The molecule has 0 bridgehead atoms. The normalized spacial score (nSPS) is 33.0. The van der Waals surface area contributed by atoms with Gasteiger partial charge in [-0.15, -0.1) is 0 Å². The van der Waals surface area contributed by atoms with Gasteiger partial charge in [0.2, 0.25) is 0 Å². The smallest absolute Gasteiger partial charge is 0.0679 e. The maximum atomic E-state index is 8.82. The predicted octanol–water partition coefficient (Wildman–Crippen LogP) is 0.947. The van der Waals surface area contributed by atoms with Crippen molar-refractivity contribution >= 4 is 21.6 Å². The van der Waals surface area contributed by atoms with Crippen LogP contribution < -0.4 is 0 Å². The third-order valence-electron chi connectivity index (χ3n) is 0.758. The van der Waals surface area contributed by atoms with Crippen molar-refractivity contribution in [3.05, 3.63) is 6.42 Å². The van der Waals surface area contributed by atoms with Gasteiger partial charge in [-0.3, -0.25) is 0 Å². The molecule has 0 amide bonds. The van der Waals surface area contributed by atoms with Gasteiger partial charge >= 0.3 is 0 Å². The molecule has 1 rings (SSSR count). The van der Waals surface area contributed by atoms with E-state index in [1.54, 1.807) is 21.6 Å². The van der Waals surface area contributed by atoms with Crippen LogP contribution in [0.25, 0.3) is 0 Å². The first kappa shape index (κ1) is 5.79. The summed E-state index contributed by atoms with van der Waals surface area (Å²) in [5.74, 6) is 1.86. The number of hydrogen-bond acceptors (Lipinski definition) is 3. The van der Waals surface area contributed by atoms with Crippen LogP contribution in [0.1, 0.15) is 0 Å². The lowest BCUT2D eigenvalue weighted by Crippen LogP contribution is -2.14. The molecule has 1 saturated heterocycles. The maximum absolute atomic E-state index is 8.82. The van der Waals surface area contributed by atoms with Crippen LogP contribution >= 0.6 is 21.6 Å². The van der Waals surface area contributed by atoms with Gasteiger partial charge in [-0.2, -0.15) is 0 Å². The van der Waals surface area contributed by atoms with Crippen molar-refractivity contribution in [2.75, 3.05) is 11.5 Å². The SMILES string of the molecule is OC1[CH]CSSC1. The highest BCUT2D eigenvalue weighted by Crippen LogP contribution is 2.28. The molecule has 1 heterocycles. The number of hydrogen-bond donors (Lipinski definition) is 1. The molecule has 1 radical (unpaired) electrons. The van der Waals surface area contributed by atoms with Gasteiger partial charge < -0.3 is 5.11 Å². The Morgan fingerprint density at radius 3 is 2.71 bits per heavy atom. The fraction of sp³-hybridized carbons (Fsp3) is 0.750. The van der Waals surface area contributed by atoms with E-state index in [1.165, 1.54) is 0 Å². The molecule has 1 N–H and O–H groups in total. The lowest BCUT2D eigenvalue weighted by atomic mass is 10.3. The van der Waals surface area contributed by atoms with E-state index in [-0.39, 0.29) is 6.10 Å². The average Bonchev–Trinajstić information content (AvgIpc) is 1.69. The van der Waals surface area contributed by atoms with Crippen LogP contribution in [0.3, 0.4) is 0 Å². The van der Waals surface area contributed by atoms with Gasteiger partial charge in [-0.25, -0.2) is 0 Å². The van der Waals surface area contributed by atoms with Crippen molar-refractivity contribution < 1.29 is 5.11 Å². The summed E-state index contributed by atoms with van der Waals surface area (Å²) in [4.78, 5) is 0. The minimum absolute atomic E-state index is 0.147. The van der Waals surface area contributed by atoms with Crippen molar-refractivity contribution in [1.82, 2.24) is 0 Å². The van der Waals surface area contributed by atoms with Gasteiger partial charge in [0.25, 0.3) is 0 Å². The summed E-state index contributed by atoms with van der Waals surface area (Å²) in [5, 5.41) is 8.82. The van der Waals surface area contributed by atoms with E-state index >= 15 is 0 Å². The van der Waals surface area contributed by atoms with E-state index < -0.39 is 0 Å². The molecular weight excluding hydrogens is 128 g/mol. The number of rotatable bonds is 0. The molecule has 7 heavy (non-hydrogen) atoms. The molecule has 1 fully saturated rings. The first-order valence-corrected chi connectivity index (χ1v) is 4.64. The zero-order valence-corrected chi connectivity index (χ0v) is 5.47. The second-order valence-electron chi connectivity index (χ2n) is 1.37. The van der Waals surface area contributed by atoms with E-state index in [1.807, 2.05) is 6.42 Å². The van der Waals surface area contributed by atoms with Crippen molar-refractivity contribution in [3.8, 4) is 0 Å². The molecule has 41 valence electrons. The summed E-state index contributed by atoms with van der Waals surface area (Å²) in [6.45, 7) is 0. The van der Waals surface area contributed by atoms with E-state index in [0.29, 0.717) is 0 Å². The van der Waals surface area contributed by atoms with Crippen LogP contribution in [-0.4, -0.2) is 22.7 Å². The van der Waals surface area contributed by atoms with Crippen LogP contribution in [0.5, 0.6) is 0 Å². The van der Waals surface area contributed by atoms with E-state index in [2.05, 4.69) is 0 Å². The lowest BCUT2D eigenvalue weighted by molar-refractivity contribution is 0.233. The Morgan fingerprint density at radius 2 is 2.43 bits per heavy atom. The van der Waals surface area contributed by atoms with Crippen molar-refractivity contribution in [1.29, 1.82) is 0 Å². The highest BCUT2D eigenvalue weighted by molar-refractivity contribution is 8.76. The monoisotopic (exact) mass is 135 g/mol. The number of aliphatic hydroxyl groups is 1. The molecule has 0 saturated carbocycles. The molecule has 1 unspecified atom stereocenters. The second kappa shape index (κ2) is 2.84. The van der Waals surface area contributed by atoms with Gasteiger partial charge in [-0.05, 0) is 0 Å². The summed E-state index contributed by atoms with van der Waals surface area (Å²) in [5.41, 5.74) is 0. The standard InChI is InChI=1S/C4H7OS2/c5-4-1-2-6-7-3-4/h1,4-5H,2-3H2. The molecule has 0 aromatic carbocycles. The maximum Gasteiger partial charge on any atom is 0.0679 e. The fourth-order valence-corrected chi connectivity index (χ4v) is 2.38. The quantitative estimate of drug-likeness (QED) is 0.499. The Hall–Kier alpha value is 0.660. The molecule has 1 aliphatic rings. The highest BCUT2D eigenvalue weighted by atomic mass is 33.1. The Morgan fingerprint density at radius 1 is 1.57 bits per heavy atom. The first-order valence-electron chi connectivity index (χ1n) is 2.15. The lowest BCUT2D eigenvalue weighted by Gasteiger charge is -2.13. The van der Waals surface area contributed by atoms with Crippen LogP contribution in [0, 0.1) is 6.42 Å². The van der Waals surface area contributed by atoms with Gasteiger partial charge in [0.1, 0.15) is 0 Å². The summed E-state index contributed by atoms with van der Waals surface area (Å²) < 4.78 is 0. The average molecular weight is 135 g/mol. The Kier molecular flexibility index (Phi) is 2.35. The van der Waals surface area contributed by atoms with Crippen molar-refractivity contribution in [2.24, 2.45) is 0 Å². The van der Waals surface area contributed by atoms with E-state index in [4.69, 9.17) is 5.11 Å². The largest absolute Gasteiger partial charge is 0.392 e. The summed E-state index contributed by atoms with van der Waals surface area (Å²) >= 11 is 0. The molecule has 0 aromatic heterocycles. The summed E-state index contributed by atoms with van der Waals surface area (Å²) in [6.07, 6.45) is 1.78. The third kappa shape index (κ3) is 1.93. The summed E-state index contributed by atoms with van der Waals surface area (Å²) in [6, 6.07) is 0. The van der Waals surface area contributed by atoms with Gasteiger partial charge in [0.05, 0.1) is 6.10 Å². The molecular formula is C4H7OS2. The number of aliphatic hydroxyl groups excluding tert-OH is 1. The third-order valence-corrected chi connectivity index (χ3v) is 3.05. The molecule has 3 heteroatoms. The molecule has 0 aliphatic carbocycles. The van der Waals surface area contributed by atoms with E-state index in [9.17, 15) is 0 Å². The first-order chi connectivity index (χ1) is 3.39. The predicted molar refractivity (Wildman–Crippen MR) is 35.2 cm³/mol. The second-order valence-corrected chi connectivity index (χ2v) is 3.92. The topological polar surface area (TPSA) is 20.2 Å². The molecule has 0 spiro atoms. The van der Waals surface area contributed by atoms with Crippen LogP contribution in [-0.2, 0) is 0 Å². The Bertz CT molecular complexity index is 51.7. The van der Waals surface area contributed by atoms with Crippen molar-refractivity contribution in [2.45, 2.75) is 6.10 Å². The highest BCUT2D eigenvalue weighted by Gasteiger charge is 2.09. The molecule has 0 aromatic rings. The minimum Gasteiger partial charge on any atom is -0.392 e. The van der Waals surface area contributed by atoms with Crippen LogP contribution in [0.15, 0.2) is 0 Å². The minimum atomic E-state index is -0.147. The zero-order chi connectivity index (χ0) is 5.11. The molecule has 1 atom stereocenters. The fourth-order valence-electron chi connectivity index (χ4n) is 0.384. The summed E-state index contributed by atoms with van der Waals surface area (Å²) in [7, 11) is 3.54. The van der Waals surface area contributed by atoms with Crippen molar-refractivity contribution in [3.63, 3.8) is 0 Å². The zero-order valence-electron chi connectivity index (χ0n) is 3.83. The van der Waals surface area contributed by atoms with Gasteiger partial charge in [0, 0.05) is 17.9 Å². The Labute approximate surface area is 51.3 Å². The van der Waals surface area contributed by atoms with Crippen LogP contribution in [0.2, 0.25) is 0 Å².